The Balaban J connectivity index is 2.47. The van der Waals surface area contributed by atoms with Crippen LogP contribution < -0.4 is 15.4 Å². The summed E-state index contributed by atoms with van der Waals surface area (Å²) in [6.45, 7) is 3.41. The molecule has 0 saturated heterocycles. The summed E-state index contributed by atoms with van der Waals surface area (Å²) in [4.78, 5) is 36.1. The molecule has 1 aromatic rings. The summed E-state index contributed by atoms with van der Waals surface area (Å²) in [5.41, 5.74) is 5.91. The molecule has 1 aromatic carbocycles. The highest BCUT2D eigenvalue weighted by Crippen LogP contribution is 2.34. The van der Waals surface area contributed by atoms with Gasteiger partial charge in [-0.3, -0.25) is 9.59 Å². The number of nitrogens with zero attached hydrogens (tertiary/aromatic N) is 1. The molecule has 1 unspecified atom stereocenters. The SMILES string of the molecule is C=CC(=O)N1CC(C(N)=O)Oc2cc(C(=O)OC)ccc21. The highest BCUT2D eigenvalue weighted by atomic mass is 16.5. The third-order valence-electron chi connectivity index (χ3n) is 3.05. The highest BCUT2D eigenvalue weighted by molar-refractivity contribution is 6.04. The molecule has 2 N–H and O–H groups in total. The van der Waals surface area contributed by atoms with Crippen LogP contribution in [0, 0.1) is 0 Å². The maximum absolute atomic E-state index is 11.9. The first kappa shape index (κ1) is 14.6. The molecule has 1 heterocycles. The Hall–Kier alpha value is -2.83. The molecule has 1 aliphatic rings. The fourth-order valence-corrected chi connectivity index (χ4v) is 2.00. The van der Waals surface area contributed by atoms with E-state index in [1.165, 1.54) is 24.1 Å². The number of nitrogens with two attached hydrogens (primary N) is 1. The topological polar surface area (TPSA) is 98.9 Å². The molecule has 0 bridgehead atoms. The van der Waals surface area contributed by atoms with Crippen LogP contribution in [0.2, 0.25) is 0 Å². The van der Waals surface area contributed by atoms with Gasteiger partial charge in [0.05, 0.1) is 24.9 Å². The Morgan fingerprint density at radius 3 is 2.76 bits per heavy atom. The summed E-state index contributed by atoms with van der Waals surface area (Å²) >= 11 is 0. The van der Waals surface area contributed by atoms with Gasteiger partial charge in [-0.05, 0) is 24.3 Å². The molecular formula is C14H14N2O5. The second kappa shape index (κ2) is 5.66. The predicted octanol–water partition coefficient (Wildman–Crippen LogP) is 0.238. The van der Waals surface area contributed by atoms with Crippen molar-refractivity contribution in [1.29, 1.82) is 0 Å². The first-order valence-electron chi connectivity index (χ1n) is 6.10. The van der Waals surface area contributed by atoms with Crippen molar-refractivity contribution in [1.82, 2.24) is 0 Å². The van der Waals surface area contributed by atoms with E-state index in [0.717, 1.165) is 6.08 Å². The molecule has 0 aliphatic carbocycles. The lowest BCUT2D eigenvalue weighted by Gasteiger charge is -2.33. The molecule has 7 nitrogen and oxygen atoms in total. The Labute approximate surface area is 120 Å². The van der Waals surface area contributed by atoms with Gasteiger partial charge in [0, 0.05) is 0 Å². The average Bonchev–Trinajstić information content (AvgIpc) is 2.51. The Bertz CT molecular complexity index is 626. The van der Waals surface area contributed by atoms with Crippen molar-refractivity contribution in [2.45, 2.75) is 6.10 Å². The second-order valence-corrected chi connectivity index (χ2v) is 4.34. The summed E-state index contributed by atoms with van der Waals surface area (Å²) in [7, 11) is 1.25. The van der Waals surface area contributed by atoms with Gasteiger partial charge in [-0.15, -0.1) is 0 Å². The van der Waals surface area contributed by atoms with E-state index in [2.05, 4.69) is 11.3 Å². The number of esters is 1. The van der Waals surface area contributed by atoms with Crippen molar-refractivity contribution >= 4 is 23.5 Å². The van der Waals surface area contributed by atoms with Gasteiger partial charge in [0.25, 0.3) is 11.8 Å². The van der Waals surface area contributed by atoms with E-state index in [9.17, 15) is 14.4 Å². The van der Waals surface area contributed by atoms with E-state index >= 15 is 0 Å². The van der Waals surface area contributed by atoms with Crippen molar-refractivity contribution in [2.24, 2.45) is 5.73 Å². The Kier molecular flexibility index (Phi) is 3.93. The summed E-state index contributed by atoms with van der Waals surface area (Å²) in [6.07, 6.45) is 0.135. The minimum Gasteiger partial charge on any atom is -0.476 e. The van der Waals surface area contributed by atoms with Crippen molar-refractivity contribution in [3.8, 4) is 5.75 Å². The molecule has 0 fully saturated rings. The number of ether oxygens (including phenoxy) is 2. The van der Waals surface area contributed by atoms with Gasteiger partial charge in [-0.25, -0.2) is 4.79 Å². The number of primary amides is 1. The number of anilines is 1. The van der Waals surface area contributed by atoms with Crippen LogP contribution >= 0.6 is 0 Å². The number of benzene rings is 1. The van der Waals surface area contributed by atoms with E-state index in [-0.39, 0.29) is 17.9 Å². The standard InChI is InChI=1S/C14H14N2O5/c1-3-12(17)16-7-11(13(15)18)21-10-6-8(14(19)20-2)4-5-9(10)16/h3-6,11H,1,7H2,2H3,(H2,15,18). The maximum atomic E-state index is 11.9. The van der Waals surface area contributed by atoms with Crippen molar-refractivity contribution < 1.29 is 23.9 Å². The highest BCUT2D eigenvalue weighted by Gasteiger charge is 2.32. The molecule has 2 rings (SSSR count). The lowest BCUT2D eigenvalue weighted by molar-refractivity contribution is -0.125. The molecule has 1 aliphatic heterocycles. The zero-order valence-electron chi connectivity index (χ0n) is 11.4. The number of hydrogen-bond donors (Lipinski definition) is 1. The zero-order chi connectivity index (χ0) is 15.6. The Morgan fingerprint density at radius 2 is 2.19 bits per heavy atom. The molecule has 7 heteroatoms. The molecule has 0 saturated carbocycles. The molecule has 1 atom stereocenters. The number of amides is 2. The van der Waals surface area contributed by atoms with Gasteiger partial charge in [0.15, 0.2) is 6.10 Å². The van der Waals surface area contributed by atoms with Crippen LogP contribution in [0.15, 0.2) is 30.9 Å². The summed E-state index contributed by atoms with van der Waals surface area (Å²) < 4.78 is 10.1. The van der Waals surface area contributed by atoms with Crippen molar-refractivity contribution in [2.75, 3.05) is 18.6 Å². The molecule has 0 radical (unpaired) electrons. The number of carbonyl (C=O) groups excluding carboxylic acids is 3. The van der Waals surface area contributed by atoms with Gasteiger partial charge in [0.2, 0.25) is 0 Å². The van der Waals surface area contributed by atoms with Gasteiger partial charge in [-0.1, -0.05) is 6.58 Å². The van der Waals surface area contributed by atoms with Crippen LogP contribution in [0.1, 0.15) is 10.4 Å². The van der Waals surface area contributed by atoms with E-state index in [0.29, 0.717) is 5.69 Å². The van der Waals surface area contributed by atoms with Crippen LogP contribution in [0.25, 0.3) is 0 Å². The van der Waals surface area contributed by atoms with Gasteiger partial charge < -0.3 is 20.1 Å². The lowest BCUT2D eigenvalue weighted by atomic mass is 10.1. The third-order valence-corrected chi connectivity index (χ3v) is 3.05. The largest absolute Gasteiger partial charge is 0.476 e. The number of carbonyl (C=O) groups is 3. The maximum Gasteiger partial charge on any atom is 0.337 e. The monoisotopic (exact) mass is 290 g/mol. The van der Waals surface area contributed by atoms with Gasteiger partial charge in [0.1, 0.15) is 5.75 Å². The average molecular weight is 290 g/mol. The van der Waals surface area contributed by atoms with Crippen molar-refractivity contribution in [3.05, 3.63) is 36.4 Å². The molecular weight excluding hydrogens is 276 g/mol. The van der Waals surface area contributed by atoms with Gasteiger partial charge >= 0.3 is 5.97 Å². The van der Waals surface area contributed by atoms with Crippen LogP contribution in [-0.4, -0.2) is 37.5 Å². The molecule has 2 amide bonds. The molecule has 21 heavy (non-hydrogen) atoms. The minimum atomic E-state index is -0.991. The summed E-state index contributed by atoms with van der Waals surface area (Å²) in [5.74, 6) is -1.44. The molecule has 0 spiro atoms. The van der Waals surface area contributed by atoms with E-state index < -0.39 is 23.9 Å². The van der Waals surface area contributed by atoms with Crippen LogP contribution in [0.5, 0.6) is 5.75 Å². The zero-order valence-corrected chi connectivity index (χ0v) is 11.4. The second-order valence-electron chi connectivity index (χ2n) is 4.34. The van der Waals surface area contributed by atoms with Crippen LogP contribution in [0.4, 0.5) is 5.69 Å². The van der Waals surface area contributed by atoms with E-state index in [1.807, 2.05) is 0 Å². The number of methoxy groups -OCH3 is 1. The minimum absolute atomic E-state index is 0.00917. The predicted molar refractivity (Wildman–Crippen MR) is 73.9 cm³/mol. The van der Waals surface area contributed by atoms with Gasteiger partial charge in [-0.2, -0.15) is 0 Å². The Morgan fingerprint density at radius 1 is 1.48 bits per heavy atom. The van der Waals surface area contributed by atoms with E-state index in [1.54, 1.807) is 6.07 Å². The smallest absolute Gasteiger partial charge is 0.337 e. The number of fused-ring (bicyclic) bond motifs is 1. The quantitative estimate of drug-likeness (QED) is 0.635. The fourth-order valence-electron chi connectivity index (χ4n) is 2.00. The molecule has 0 aromatic heterocycles. The first-order chi connectivity index (χ1) is 9.97. The first-order valence-corrected chi connectivity index (χ1v) is 6.10. The third kappa shape index (κ3) is 2.71. The number of rotatable bonds is 3. The normalized spacial score (nSPS) is 16.4. The number of hydrogen-bond acceptors (Lipinski definition) is 5. The van der Waals surface area contributed by atoms with E-state index in [4.69, 9.17) is 10.5 Å². The summed E-state index contributed by atoms with van der Waals surface area (Å²) in [5, 5.41) is 0. The van der Waals surface area contributed by atoms with Crippen molar-refractivity contribution in [3.63, 3.8) is 0 Å². The van der Waals surface area contributed by atoms with Crippen LogP contribution in [0.3, 0.4) is 0 Å². The fraction of sp³-hybridized carbons (Fsp3) is 0.214. The van der Waals surface area contributed by atoms with Crippen LogP contribution in [-0.2, 0) is 14.3 Å². The molecule has 110 valence electrons. The lowest BCUT2D eigenvalue weighted by Crippen LogP contribution is -2.49. The summed E-state index contributed by atoms with van der Waals surface area (Å²) in [6, 6.07) is 4.45.